The van der Waals surface area contributed by atoms with E-state index in [9.17, 15) is 18.0 Å². The van der Waals surface area contributed by atoms with Gasteiger partial charge in [0.05, 0.1) is 5.56 Å². The molecule has 9 heteroatoms. The van der Waals surface area contributed by atoms with E-state index in [-0.39, 0.29) is 12.5 Å². The van der Waals surface area contributed by atoms with Crippen LogP contribution in [0.4, 0.5) is 13.2 Å². The fourth-order valence-electron chi connectivity index (χ4n) is 2.18. The van der Waals surface area contributed by atoms with Gasteiger partial charge >= 0.3 is 6.18 Å². The normalized spacial score (nSPS) is 12.2. The zero-order valence-corrected chi connectivity index (χ0v) is 12.6. The van der Waals surface area contributed by atoms with Crippen LogP contribution in [0.3, 0.4) is 0 Å². The molecule has 1 amide bonds. The maximum absolute atomic E-state index is 12.5. The van der Waals surface area contributed by atoms with E-state index in [0.29, 0.717) is 12.0 Å². The van der Waals surface area contributed by atoms with E-state index in [1.807, 2.05) is 0 Å². The predicted molar refractivity (Wildman–Crippen MR) is 75.2 cm³/mol. The first kappa shape index (κ1) is 16.9. The smallest absolute Gasteiger partial charge is 0.349 e. The predicted octanol–water partition coefficient (Wildman–Crippen LogP) is 1.83. The lowest BCUT2D eigenvalue weighted by atomic mass is 9.94. The van der Waals surface area contributed by atoms with Gasteiger partial charge < -0.3 is 5.32 Å². The molecule has 2 aromatic rings. The topological polar surface area (TPSA) is 72.7 Å². The molecule has 0 aliphatic carbocycles. The van der Waals surface area contributed by atoms with E-state index in [2.05, 4.69) is 20.8 Å². The van der Waals surface area contributed by atoms with Crippen LogP contribution in [0.25, 0.3) is 0 Å². The zero-order chi connectivity index (χ0) is 17.1. The lowest BCUT2D eigenvalue weighted by Gasteiger charge is -2.26. The zero-order valence-electron chi connectivity index (χ0n) is 12.6. The van der Waals surface area contributed by atoms with Gasteiger partial charge in [-0.1, -0.05) is 12.1 Å². The van der Waals surface area contributed by atoms with Crippen LogP contribution >= 0.6 is 0 Å². The molecule has 0 fully saturated rings. The van der Waals surface area contributed by atoms with Crippen molar-refractivity contribution in [2.24, 2.45) is 0 Å². The molecular formula is C14H16F3N5O. The number of hydrogen-bond donors (Lipinski definition) is 1. The highest BCUT2D eigenvalue weighted by atomic mass is 19.4. The quantitative estimate of drug-likeness (QED) is 0.909. The number of nitrogens with one attached hydrogen (secondary N) is 1. The molecule has 6 nitrogen and oxygen atoms in total. The number of hydrogen-bond acceptors (Lipinski definition) is 4. The van der Waals surface area contributed by atoms with E-state index >= 15 is 0 Å². The average Bonchev–Trinajstić information content (AvgIpc) is 2.89. The Bertz CT molecular complexity index is 650. The van der Waals surface area contributed by atoms with Crippen LogP contribution in [-0.2, 0) is 23.9 Å². The number of carbonyl (C=O) groups excluding carboxylic acids is 1. The summed E-state index contributed by atoms with van der Waals surface area (Å²) in [7, 11) is 0. The van der Waals surface area contributed by atoms with Gasteiger partial charge in [0.1, 0.15) is 12.9 Å². The summed E-state index contributed by atoms with van der Waals surface area (Å²) in [6.07, 6.45) is -2.64. The molecule has 0 saturated carbocycles. The molecule has 1 heterocycles. The number of tetrazole rings is 1. The van der Waals surface area contributed by atoms with Crippen molar-refractivity contribution in [1.29, 1.82) is 0 Å². The van der Waals surface area contributed by atoms with E-state index < -0.39 is 17.3 Å². The molecule has 124 valence electrons. The molecule has 0 aliphatic rings. The molecule has 0 aliphatic heterocycles. The Labute approximate surface area is 130 Å². The number of rotatable bonds is 5. The summed E-state index contributed by atoms with van der Waals surface area (Å²) in [5.41, 5.74) is -0.613. The highest BCUT2D eigenvalue weighted by molar-refractivity contribution is 5.76. The van der Waals surface area contributed by atoms with Crippen LogP contribution < -0.4 is 5.32 Å². The summed E-state index contributed by atoms with van der Waals surface area (Å²) in [6.45, 7) is 3.56. The van der Waals surface area contributed by atoms with Gasteiger partial charge in [0.2, 0.25) is 5.91 Å². The Hall–Kier alpha value is -2.45. The second kappa shape index (κ2) is 6.35. The van der Waals surface area contributed by atoms with E-state index in [4.69, 9.17) is 0 Å². The van der Waals surface area contributed by atoms with Crippen molar-refractivity contribution in [2.75, 3.05) is 0 Å². The molecule has 1 aromatic heterocycles. The van der Waals surface area contributed by atoms with Crippen molar-refractivity contribution in [3.8, 4) is 0 Å². The van der Waals surface area contributed by atoms with Crippen molar-refractivity contribution in [1.82, 2.24) is 25.5 Å². The number of alkyl halides is 3. The Balaban J connectivity index is 1.96. The molecule has 0 radical (unpaired) electrons. The highest BCUT2D eigenvalue weighted by Crippen LogP contribution is 2.29. The Morgan fingerprint density at radius 3 is 2.39 bits per heavy atom. The summed E-state index contributed by atoms with van der Waals surface area (Å²) in [6, 6.07) is 4.90. The Morgan fingerprint density at radius 1 is 1.22 bits per heavy atom. The van der Waals surface area contributed by atoms with Crippen LogP contribution in [0.2, 0.25) is 0 Å². The number of halogens is 3. The van der Waals surface area contributed by atoms with Gasteiger partial charge in [-0.05, 0) is 48.4 Å². The highest BCUT2D eigenvalue weighted by Gasteiger charge is 2.30. The molecular weight excluding hydrogens is 311 g/mol. The molecule has 1 aromatic carbocycles. The van der Waals surface area contributed by atoms with Gasteiger partial charge in [-0.15, -0.1) is 5.10 Å². The lowest BCUT2D eigenvalue weighted by molar-refractivity contribution is -0.137. The monoisotopic (exact) mass is 327 g/mol. The van der Waals surface area contributed by atoms with Gasteiger partial charge in [-0.3, -0.25) is 4.79 Å². The molecule has 1 N–H and O–H groups in total. The third kappa shape index (κ3) is 5.04. The maximum atomic E-state index is 12.5. The minimum absolute atomic E-state index is 0.0244. The first-order valence-electron chi connectivity index (χ1n) is 6.84. The summed E-state index contributed by atoms with van der Waals surface area (Å²) >= 11 is 0. The van der Waals surface area contributed by atoms with Crippen LogP contribution in [0.1, 0.15) is 25.0 Å². The second-order valence-corrected chi connectivity index (χ2v) is 5.81. The van der Waals surface area contributed by atoms with Crippen molar-refractivity contribution in [2.45, 2.75) is 38.5 Å². The Kier molecular flexibility index (Phi) is 4.67. The van der Waals surface area contributed by atoms with Gasteiger partial charge in [0.25, 0.3) is 0 Å². The number of amides is 1. The van der Waals surface area contributed by atoms with Gasteiger partial charge in [0, 0.05) is 5.54 Å². The number of nitrogens with zero attached hydrogens (tertiary/aromatic N) is 4. The van der Waals surface area contributed by atoms with Crippen molar-refractivity contribution in [3.63, 3.8) is 0 Å². The van der Waals surface area contributed by atoms with Crippen LogP contribution in [0.15, 0.2) is 30.6 Å². The minimum Gasteiger partial charge on any atom is -0.349 e. The first-order valence-corrected chi connectivity index (χ1v) is 6.84. The minimum atomic E-state index is -4.35. The van der Waals surface area contributed by atoms with Gasteiger partial charge in [-0.25, -0.2) is 4.68 Å². The van der Waals surface area contributed by atoms with Gasteiger partial charge in [0.15, 0.2) is 0 Å². The summed E-state index contributed by atoms with van der Waals surface area (Å²) in [4.78, 5) is 11.9. The summed E-state index contributed by atoms with van der Waals surface area (Å²) in [5.74, 6) is -0.283. The molecule has 0 unspecified atom stereocenters. The Morgan fingerprint density at radius 2 is 1.87 bits per heavy atom. The molecule has 0 spiro atoms. The second-order valence-electron chi connectivity index (χ2n) is 5.81. The fourth-order valence-corrected chi connectivity index (χ4v) is 2.18. The van der Waals surface area contributed by atoms with E-state index in [0.717, 1.165) is 12.1 Å². The number of benzene rings is 1. The standard InChI is InChI=1S/C14H16F3N5O/c1-13(2,19-12(23)8-22-9-18-20-21-22)7-10-3-5-11(6-4-10)14(15,16)17/h3-6,9H,7-8H2,1-2H3,(H,19,23). The van der Waals surface area contributed by atoms with Crippen molar-refractivity contribution < 1.29 is 18.0 Å². The molecule has 0 bridgehead atoms. The van der Waals surface area contributed by atoms with Crippen LogP contribution in [0.5, 0.6) is 0 Å². The molecule has 23 heavy (non-hydrogen) atoms. The summed E-state index contributed by atoms with van der Waals surface area (Å²) < 4.78 is 38.9. The van der Waals surface area contributed by atoms with Crippen LogP contribution in [0, 0.1) is 0 Å². The molecule has 2 rings (SSSR count). The van der Waals surface area contributed by atoms with Crippen molar-refractivity contribution in [3.05, 3.63) is 41.7 Å². The molecule has 0 saturated heterocycles. The lowest BCUT2D eigenvalue weighted by Crippen LogP contribution is -2.46. The number of aromatic nitrogens is 4. The van der Waals surface area contributed by atoms with E-state index in [1.54, 1.807) is 13.8 Å². The third-order valence-corrected chi connectivity index (χ3v) is 3.10. The fraction of sp³-hybridized carbons (Fsp3) is 0.429. The van der Waals surface area contributed by atoms with Crippen LogP contribution in [-0.4, -0.2) is 31.7 Å². The summed E-state index contributed by atoms with van der Waals surface area (Å²) in [5, 5.41) is 13.3. The largest absolute Gasteiger partial charge is 0.416 e. The third-order valence-electron chi connectivity index (χ3n) is 3.10. The average molecular weight is 327 g/mol. The SMILES string of the molecule is CC(C)(Cc1ccc(C(F)(F)F)cc1)NC(=O)Cn1cnnn1. The number of carbonyl (C=O) groups is 1. The first-order chi connectivity index (χ1) is 10.7. The maximum Gasteiger partial charge on any atom is 0.416 e. The van der Waals surface area contributed by atoms with E-state index in [1.165, 1.54) is 23.1 Å². The van der Waals surface area contributed by atoms with Crippen molar-refractivity contribution >= 4 is 5.91 Å². The molecule has 0 atom stereocenters. The van der Waals surface area contributed by atoms with Gasteiger partial charge in [-0.2, -0.15) is 13.2 Å².